The topological polar surface area (TPSA) is 36.7 Å². The zero-order chi connectivity index (χ0) is 15.4. The fraction of sp³-hybridized carbons (Fsp3) is 0.263. The number of hydrogen-bond acceptors (Lipinski definition) is 2. The van der Waals surface area contributed by atoms with Crippen LogP contribution in [0.5, 0.6) is 0 Å². The Hall–Kier alpha value is -2.22. The number of allylic oxidation sites excluding steroid dienone is 3. The minimum absolute atomic E-state index is 0.168. The molecule has 0 fully saturated rings. The molecule has 0 atom stereocenters. The maximum atomic E-state index is 7.60. The van der Waals surface area contributed by atoms with E-state index in [1.807, 2.05) is 6.20 Å². The molecule has 2 nitrogen and oxygen atoms in total. The summed E-state index contributed by atoms with van der Waals surface area (Å²) in [5.74, 6) is 0. The standard InChI is InChI=1S/C19H20N2/c1-11-8-14-6-7-21-18-13(3)17(12(2)10-20)19(4,5)15(9-11)16(14)18/h6-10,20H,2H2,1,3-5H3. The van der Waals surface area contributed by atoms with E-state index in [4.69, 9.17) is 5.41 Å². The number of nitrogens with zero attached hydrogens (tertiary/aromatic N) is 1. The molecule has 0 saturated heterocycles. The Morgan fingerprint density at radius 2 is 2.00 bits per heavy atom. The lowest BCUT2D eigenvalue weighted by Gasteiger charge is -2.36. The van der Waals surface area contributed by atoms with Crippen molar-refractivity contribution in [2.75, 3.05) is 0 Å². The second-order valence-electron chi connectivity index (χ2n) is 6.36. The average Bonchev–Trinajstić information content (AvgIpc) is 2.43. The maximum Gasteiger partial charge on any atom is 0.0743 e. The van der Waals surface area contributed by atoms with Crippen LogP contribution < -0.4 is 0 Å². The van der Waals surface area contributed by atoms with E-state index in [0.29, 0.717) is 0 Å². The van der Waals surface area contributed by atoms with Gasteiger partial charge in [0, 0.05) is 23.2 Å². The van der Waals surface area contributed by atoms with Gasteiger partial charge in [0.1, 0.15) is 0 Å². The largest absolute Gasteiger partial charge is 0.308 e. The normalized spacial score (nSPS) is 16.2. The number of aryl methyl sites for hydroxylation is 1. The van der Waals surface area contributed by atoms with Crippen LogP contribution in [0.25, 0.3) is 16.3 Å². The summed E-state index contributed by atoms with van der Waals surface area (Å²) in [6.45, 7) is 12.7. The van der Waals surface area contributed by atoms with E-state index in [9.17, 15) is 0 Å². The van der Waals surface area contributed by atoms with Crippen molar-refractivity contribution >= 4 is 22.6 Å². The summed E-state index contributed by atoms with van der Waals surface area (Å²) in [6.07, 6.45) is 3.22. The number of benzene rings is 1. The van der Waals surface area contributed by atoms with Crippen molar-refractivity contribution in [3.8, 4) is 0 Å². The Labute approximate surface area is 125 Å². The fourth-order valence-corrected chi connectivity index (χ4v) is 3.68. The molecule has 106 valence electrons. The van der Waals surface area contributed by atoms with Crippen LogP contribution in [0.15, 0.2) is 42.1 Å². The molecule has 1 heterocycles. The summed E-state index contributed by atoms with van der Waals surface area (Å²) < 4.78 is 0. The van der Waals surface area contributed by atoms with E-state index in [1.54, 1.807) is 0 Å². The number of hydrogen-bond donors (Lipinski definition) is 1. The first kappa shape index (κ1) is 13.7. The summed E-state index contributed by atoms with van der Waals surface area (Å²) in [5.41, 5.74) is 6.42. The highest BCUT2D eigenvalue weighted by Gasteiger charge is 2.35. The molecule has 3 rings (SSSR count). The molecule has 0 unspecified atom stereocenters. The van der Waals surface area contributed by atoms with E-state index >= 15 is 0 Å². The van der Waals surface area contributed by atoms with Crippen LogP contribution in [0.1, 0.15) is 37.6 Å². The molecular weight excluding hydrogens is 256 g/mol. The van der Waals surface area contributed by atoms with Gasteiger partial charge in [0.2, 0.25) is 0 Å². The second kappa shape index (κ2) is 4.39. The van der Waals surface area contributed by atoms with Crippen molar-refractivity contribution in [1.29, 1.82) is 5.41 Å². The number of rotatable bonds is 2. The van der Waals surface area contributed by atoms with Gasteiger partial charge in [0.05, 0.1) is 5.69 Å². The Bertz CT molecular complexity index is 823. The summed E-state index contributed by atoms with van der Waals surface area (Å²) >= 11 is 0. The molecule has 0 saturated carbocycles. The minimum Gasteiger partial charge on any atom is -0.308 e. The van der Waals surface area contributed by atoms with Gasteiger partial charge in [0.25, 0.3) is 0 Å². The van der Waals surface area contributed by atoms with E-state index < -0.39 is 0 Å². The predicted molar refractivity (Wildman–Crippen MR) is 90.0 cm³/mol. The van der Waals surface area contributed by atoms with Crippen molar-refractivity contribution in [2.24, 2.45) is 0 Å². The molecule has 0 spiro atoms. The maximum absolute atomic E-state index is 7.60. The Morgan fingerprint density at radius 1 is 1.29 bits per heavy atom. The van der Waals surface area contributed by atoms with Gasteiger partial charge in [-0.1, -0.05) is 38.1 Å². The van der Waals surface area contributed by atoms with Gasteiger partial charge in [0.15, 0.2) is 0 Å². The third kappa shape index (κ3) is 1.79. The molecule has 1 aromatic carbocycles. The molecule has 0 aliphatic heterocycles. The number of nitrogens with one attached hydrogen (secondary N) is 1. The Balaban J connectivity index is 2.52. The molecule has 2 heteroatoms. The molecular formula is C19H20N2. The summed E-state index contributed by atoms with van der Waals surface area (Å²) in [4.78, 5) is 4.61. The van der Waals surface area contributed by atoms with Crippen molar-refractivity contribution in [2.45, 2.75) is 33.1 Å². The first-order valence-corrected chi connectivity index (χ1v) is 7.19. The van der Waals surface area contributed by atoms with Gasteiger partial charge in [-0.15, -0.1) is 0 Å². The van der Waals surface area contributed by atoms with E-state index in [2.05, 4.69) is 57.5 Å². The van der Waals surface area contributed by atoms with Crippen LogP contribution >= 0.6 is 0 Å². The van der Waals surface area contributed by atoms with E-state index in [0.717, 1.165) is 22.4 Å². The minimum atomic E-state index is -0.168. The molecule has 0 amide bonds. The van der Waals surface area contributed by atoms with Crippen molar-refractivity contribution in [3.05, 3.63) is 58.9 Å². The first-order valence-electron chi connectivity index (χ1n) is 7.19. The zero-order valence-corrected chi connectivity index (χ0v) is 13.0. The smallest absolute Gasteiger partial charge is 0.0743 e. The van der Waals surface area contributed by atoms with Crippen LogP contribution in [-0.4, -0.2) is 11.2 Å². The molecule has 1 N–H and O–H groups in total. The highest BCUT2D eigenvalue weighted by molar-refractivity contribution is 6.02. The van der Waals surface area contributed by atoms with Crippen LogP contribution in [0, 0.1) is 12.3 Å². The predicted octanol–water partition coefficient (Wildman–Crippen LogP) is 4.81. The van der Waals surface area contributed by atoms with Gasteiger partial charge >= 0.3 is 0 Å². The highest BCUT2D eigenvalue weighted by Crippen LogP contribution is 2.47. The van der Waals surface area contributed by atoms with Gasteiger partial charge in [-0.3, -0.25) is 4.98 Å². The average molecular weight is 276 g/mol. The lowest BCUT2D eigenvalue weighted by Crippen LogP contribution is -2.27. The van der Waals surface area contributed by atoms with Crippen molar-refractivity contribution in [1.82, 2.24) is 4.98 Å². The Morgan fingerprint density at radius 3 is 2.67 bits per heavy atom. The summed E-state index contributed by atoms with van der Waals surface area (Å²) in [7, 11) is 0. The lowest BCUT2D eigenvalue weighted by atomic mass is 9.67. The molecule has 1 aliphatic carbocycles. The zero-order valence-electron chi connectivity index (χ0n) is 13.0. The molecule has 21 heavy (non-hydrogen) atoms. The molecule has 0 bridgehead atoms. The number of pyridine rings is 1. The molecule has 1 aromatic heterocycles. The quantitative estimate of drug-likeness (QED) is 0.785. The lowest BCUT2D eigenvalue weighted by molar-refractivity contribution is 0.638. The van der Waals surface area contributed by atoms with Gasteiger partial charge in [-0.2, -0.15) is 0 Å². The van der Waals surface area contributed by atoms with Gasteiger partial charge in [-0.25, -0.2) is 0 Å². The molecule has 1 aliphatic rings. The third-order valence-corrected chi connectivity index (χ3v) is 4.53. The summed E-state index contributed by atoms with van der Waals surface area (Å²) in [5, 5.41) is 10.1. The fourth-order valence-electron chi connectivity index (χ4n) is 3.68. The number of aromatic nitrogens is 1. The van der Waals surface area contributed by atoms with E-state index in [-0.39, 0.29) is 5.41 Å². The SMILES string of the molecule is C=C(C=N)C1=C(C)c2nccc3cc(C)cc(c23)C1(C)C. The van der Waals surface area contributed by atoms with Crippen LogP contribution in [0.4, 0.5) is 0 Å². The third-order valence-electron chi connectivity index (χ3n) is 4.53. The van der Waals surface area contributed by atoms with Gasteiger partial charge in [-0.05, 0) is 47.6 Å². The monoisotopic (exact) mass is 276 g/mol. The highest BCUT2D eigenvalue weighted by atomic mass is 14.7. The Kier molecular flexibility index (Phi) is 2.87. The van der Waals surface area contributed by atoms with Crippen molar-refractivity contribution in [3.63, 3.8) is 0 Å². The van der Waals surface area contributed by atoms with Crippen LogP contribution in [0.3, 0.4) is 0 Å². The molecule has 2 aromatic rings. The van der Waals surface area contributed by atoms with E-state index in [1.165, 1.54) is 28.1 Å². The second-order valence-corrected chi connectivity index (χ2v) is 6.36. The summed E-state index contributed by atoms with van der Waals surface area (Å²) in [6, 6.07) is 6.54. The van der Waals surface area contributed by atoms with Crippen LogP contribution in [0.2, 0.25) is 0 Å². The van der Waals surface area contributed by atoms with Crippen molar-refractivity contribution < 1.29 is 0 Å². The van der Waals surface area contributed by atoms with Crippen LogP contribution in [-0.2, 0) is 5.41 Å². The molecule has 0 radical (unpaired) electrons. The van der Waals surface area contributed by atoms with Gasteiger partial charge < -0.3 is 5.41 Å². The first-order chi connectivity index (χ1) is 9.87.